The SMILES string of the molecule is CC(C)(C)SSC(C)(C)C.Oc1ccccc1. The minimum Gasteiger partial charge on any atom is -0.508 e. The van der Waals surface area contributed by atoms with Crippen molar-refractivity contribution in [3.05, 3.63) is 30.3 Å². The van der Waals surface area contributed by atoms with Crippen LogP contribution in [0.3, 0.4) is 0 Å². The van der Waals surface area contributed by atoms with E-state index in [9.17, 15) is 0 Å². The van der Waals surface area contributed by atoms with E-state index >= 15 is 0 Å². The molecule has 1 N–H and O–H groups in total. The van der Waals surface area contributed by atoms with E-state index in [0.717, 1.165) is 0 Å². The molecular formula is C14H24OS2. The number of para-hydroxylation sites is 1. The maximum absolute atomic E-state index is 8.63. The van der Waals surface area contributed by atoms with Crippen LogP contribution in [0, 0.1) is 0 Å². The highest BCUT2D eigenvalue weighted by Gasteiger charge is 2.17. The van der Waals surface area contributed by atoms with Crippen molar-refractivity contribution < 1.29 is 5.11 Å². The molecule has 0 heterocycles. The number of hydrogen-bond donors (Lipinski definition) is 1. The number of hydrogen-bond acceptors (Lipinski definition) is 3. The Kier molecular flexibility index (Phi) is 7.10. The number of phenolic OH excluding ortho intramolecular Hbond substituents is 1. The van der Waals surface area contributed by atoms with Gasteiger partial charge in [0.25, 0.3) is 0 Å². The summed E-state index contributed by atoms with van der Waals surface area (Å²) >= 11 is 0. The van der Waals surface area contributed by atoms with Gasteiger partial charge in [-0.25, -0.2) is 0 Å². The van der Waals surface area contributed by atoms with E-state index in [0.29, 0.717) is 15.2 Å². The highest BCUT2D eigenvalue weighted by molar-refractivity contribution is 8.77. The largest absolute Gasteiger partial charge is 0.508 e. The Morgan fingerprint density at radius 1 is 0.765 bits per heavy atom. The molecule has 1 aromatic carbocycles. The third-order valence-corrected chi connectivity index (χ3v) is 5.63. The summed E-state index contributed by atoms with van der Waals surface area (Å²) in [5, 5.41) is 8.63. The van der Waals surface area contributed by atoms with Gasteiger partial charge in [-0.15, -0.1) is 0 Å². The Morgan fingerprint density at radius 3 is 1.29 bits per heavy atom. The van der Waals surface area contributed by atoms with Crippen LogP contribution in [0.5, 0.6) is 5.75 Å². The maximum Gasteiger partial charge on any atom is 0.115 e. The summed E-state index contributed by atoms with van der Waals surface area (Å²) in [5.74, 6) is 0.322. The molecule has 0 aliphatic rings. The summed E-state index contributed by atoms with van der Waals surface area (Å²) in [6.07, 6.45) is 0. The van der Waals surface area contributed by atoms with Crippen molar-refractivity contribution in [3.63, 3.8) is 0 Å². The average molecular weight is 272 g/mol. The van der Waals surface area contributed by atoms with E-state index in [4.69, 9.17) is 5.11 Å². The molecule has 0 unspecified atom stereocenters. The fourth-order valence-electron chi connectivity index (χ4n) is 0.678. The molecule has 1 rings (SSSR count). The molecule has 0 bridgehead atoms. The molecule has 0 aromatic heterocycles. The van der Waals surface area contributed by atoms with Gasteiger partial charge < -0.3 is 5.11 Å². The van der Waals surface area contributed by atoms with Crippen molar-refractivity contribution in [1.82, 2.24) is 0 Å². The van der Waals surface area contributed by atoms with Gasteiger partial charge in [-0.1, -0.05) is 81.3 Å². The van der Waals surface area contributed by atoms with Crippen LogP contribution in [0.4, 0.5) is 0 Å². The summed E-state index contributed by atoms with van der Waals surface area (Å²) in [7, 11) is 3.91. The van der Waals surface area contributed by atoms with Crippen LogP contribution in [0.15, 0.2) is 30.3 Å². The first-order valence-electron chi connectivity index (χ1n) is 5.71. The fraction of sp³-hybridized carbons (Fsp3) is 0.571. The fourth-order valence-corrected chi connectivity index (χ4v) is 2.68. The van der Waals surface area contributed by atoms with Gasteiger partial charge in [-0.05, 0) is 12.1 Å². The lowest BCUT2D eigenvalue weighted by atomic mass is 10.3. The van der Waals surface area contributed by atoms with Crippen LogP contribution in [0.25, 0.3) is 0 Å². The van der Waals surface area contributed by atoms with Crippen molar-refractivity contribution >= 4 is 21.6 Å². The third-order valence-electron chi connectivity index (χ3n) is 1.30. The summed E-state index contributed by atoms with van der Waals surface area (Å²) < 4.78 is 0.774. The molecule has 17 heavy (non-hydrogen) atoms. The van der Waals surface area contributed by atoms with Gasteiger partial charge in [0, 0.05) is 9.49 Å². The standard InChI is InChI=1S/C8H18S2.C6H6O/c1-7(2,3)9-10-8(4,5)6;7-6-4-2-1-3-5-6/h1-6H3;1-5,7H. The number of phenols is 1. The van der Waals surface area contributed by atoms with E-state index < -0.39 is 0 Å². The zero-order valence-electron chi connectivity index (χ0n) is 11.7. The second-order valence-electron chi connectivity index (χ2n) is 5.73. The van der Waals surface area contributed by atoms with E-state index in [1.165, 1.54) is 0 Å². The predicted octanol–water partition coefficient (Wildman–Crippen LogP) is 5.36. The molecule has 1 nitrogen and oxygen atoms in total. The van der Waals surface area contributed by atoms with Crippen LogP contribution < -0.4 is 0 Å². The zero-order chi connectivity index (χ0) is 13.5. The van der Waals surface area contributed by atoms with Crippen molar-refractivity contribution in [2.75, 3.05) is 0 Å². The molecule has 1 aromatic rings. The normalized spacial score (nSPS) is 11.6. The lowest BCUT2D eigenvalue weighted by Gasteiger charge is -2.23. The first-order chi connectivity index (χ1) is 7.60. The van der Waals surface area contributed by atoms with E-state index in [-0.39, 0.29) is 0 Å². The molecule has 0 radical (unpaired) electrons. The summed E-state index contributed by atoms with van der Waals surface area (Å²) in [5.41, 5.74) is 0. The minimum absolute atomic E-state index is 0.322. The van der Waals surface area contributed by atoms with E-state index in [1.54, 1.807) is 24.3 Å². The number of rotatable bonds is 1. The first kappa shape index (κ1) is 16.7. The summed E-state index contributed by atoms with van der Waals surface area (Å²) in [6.45, 7) is 13.5. The molecule has 0 aliphatic carbocycles. The van der Waals surface area contributed by atoms with Crippen molar-refractivity contribution in [2.45, 2.75) is 51.0 Å². The minimum atomic E-state index is 0.322. The highest BCUT2D eigenvalue weighted by atomic mass is 33.1. The quantitative estimate of drug-likeness (QED) is 0.695. The third kappa shape index (κ3) is 13.7. The van der Waals surface area contributed by atoms with E-state index in [1.807, 2.05) is 27.7 Å². The average Bonchev–Trinajstić information content (AvgIpc) is 2.15. The van der Waals surface area contributed by atoms with Crippen molar-refractivity contribution in [1.29, 1.82) is 0 Å². The Bertz CT molecular complexity index is 282. The van der Waals surface area contributed by atoms with E-state index in [2.05, 4.69) is 41.5 Å². The van der Waals surface area contributed by atoms with Gasteiger partial charge >= 0.3 is 0 Å². The number of benzene rings is 1. The molecule has 0 amide bonds. The van der Waals surface area contributed by atoms with Crippen LogP contribution >= 0.6 is 21.6 Å². The van der Waals surface area contributed by atoms with Crippen LogP contribution in [-0.4, -0.2) is 14.6 Å². The molecule has 0 aliphatic heterocycles. The van der Waals surface area contributed by atoms with Gasteiger partial charge in [0.2, 0.25) is 0 Å². The molecule has 0 saturated carbocycles. The topological polar surface area (TPSA) is 20.2 Å². The highest BCUT2D eigenvalue weighted by Crippen LogP contribution is 2.42. The van der Waals surface area contributed by atoms with Crippen molar-refractivity contribution in [3.8, 4) is 5.75 Å². The predicted molar refractivity (Wildman–Crippen MR) is 82.8 cm³/mol. The van der Waals surface area contributed by atoms with Gasteiger partial charge in [0.1, 0.15) is 5.75 Å². The maximum atomic E-state index is 8.63. The van der Waals surface area contributed by atoms with Gasteiger partial charge in [-0.2, -0.15) is 0 Å². The van der Waals surface area contributed by atoms with Crippen molar-refractivity contribution in [2.24, 2.45) is 0 Å². The molecule has 98 valence electrons. The van der Waals surface area contributed by atoms with Gasteiger partial charge in [0.15, 0.2) is 0 Å². The lowest BCUT2D eigenvalue weighted by Crippen LogP contribution is -2.11. The molecule has 0 atom stereocenters. The molecule has 0 saturated heterocycles. The molecule has 0 spiro atoms. The molecular weight excluding hydrogens is 248 g/mol. The first-order valence-corrected chi connectivity index (χ1v) is 7.86. The summed E-state index contributed by atoms with van der Waals surface area (Å²) in [4.78, 5) is 0. The molecule has 0 fully saturated rings. The Balaban J connectivity index is 0.000000318. The monoisotopic (exact) mass is 272 g/mol. The van der Waals surface area contributed by atoms with Crippen LogP contribution in [0.1, 0.15) is 41.5 Å². The second kappa shape index (κ2) is 7.22. The smallest absolute Gasteiger partial charge is 0.115 e. The Labute approximate surface area is 114 Å². The molecule has 3 heteroatoms. The number of aromatic hydroxyl groups is 1. The Hall–Kier alpha value is -0.280. The van der Waals surface area contributed by atoms with Gasteiger partial charge in [-0.3, -0.25) is 0 Å². The van der Waals surface area contributed by atoms with Crippen LogP contribution in [-0.2, 0) is 0 Å². The second-order valence-corrected chi connectivity index (χ2v) is 9.51. The van der Waals surface area contributed by atoms with Gasteiger partial charge in [0.05, 0.1) is 0 Å². The van der Waals surface area contributed by atoms with Crippen LogP contribution in [0.2, 0.25) is 0 Å². The zero-order valence-corrected chi connectivity index (χ0v) is 13.3. The lowest BCUT2D eigenvalue weighted by molar-refractivity contribution is 0.475. The Morgan fingerprint density at radius 2 is 1.12 bits per heavy atom. The summed E-state index contributed by atoms with van der Waals surface area (Å²) in [6, 6.07) is 8.71.